The first-order valence-electron chi connectivity index (χ1n) is 9.39. The summed E-state index contributed by atoms with van der Waals surface area (Å²) in [5, 5.41) is 3.22. The normalized spacial score (nSPS) is 15.5. The van der Waals surface area contributed by atoms with E-state index in [2.05, 4.69) is 9.88 Å². The van der Waals surface area contributed by atoms with Gasteiger partial charge >= 0.3 is 0 Å². The molecular weight excluding hydrogens is 453 g/mol. The Labute approximate surface area is 194 Å². The van der Waals surface area contributed by atoms with Crippen molar-refractivity contribution in [1.82, 2.24) is 9.88 Å². The minimum Gasteiger partial charge on any atom is -0.318 e. The zero-order valence-corrected chi connectivity index (χ0v) is 19.0. The third-order valence-corrected chi connectivity index (χ3v) is 5.86. The lowest BCUT2D eigenvalue weighted by molar-refractivity contribution is -0.122. The molecule has 0 radical (unpaired) electrons. The maximum Gasteiger partial charge on any atom is 0.270 e. The lowest BCUT2D eigenvalue weighted by atomic mass is 10.1. The van der Waals surface area contributed by atoms with Crippen molar-refractivity contribution >= 4 is 64.1 Å². The number of aromatic nitrogens is 1. The maximum absolute atomic E-state index is 13.3. The van der Waals surface area contributed by atoms with Gasteiger partial charge in [-0.2, -0.15) is 0 Å². The Balaban J connectivity index is 1.78. The van der Waals surface area contributed by atoms with Crippen LogP contribution in [0.1, 0.15) is 17.0 Å². The molecular formula is C23H17Cl2N3O2S. The summed E-state index contributed by atoms with van der Waals surface area (Å²) in [5.41, 5.74) is 3.95. The highest BCUT2D eigenvalue weighted by atomic mass is 35.5. The molecule has 0 saturated carbocycles. The van der Waals surface area contributed by atoms with Crippen molar-refractivity contribution in [3.05, 3.63) is 87.2 Å². The van der Waals surface area contributed by atoms with Crippen LogP contribution in [0.3, 0.4) is 0 Å². The summed E-state index contributed by atoms with van der Waals surface area (Å²) in [4.78, 5) is 27.1. The molecule has 2 heterocycles. The molecule has 4 rings (SSSR count). The molecule has 0 atom stereocenters. The molecule has 3 aromatic rings. The Bertz CT molecular complexity index is 1270. The van der Waals surface area contributed by atoms with E-state index in [0.717, 1.165) is 22.6 Å². The van der Waals surface area contributed by atoms with E-state index < -0.39 is 11.8 Å². The van der Waals surface area contributed by atoms with Crippen molar-refractivity contribution in [2.75, 3.05) is 4.90 Å². The van der Waals surface area contributed by atoms with Gasteiger partial charge in [-0.05, 0) is 74.1 Å². The monoisotopic (exact) mass is 469 g/mol. The zero-order valence-electron chi connectivity index (χ0n) is 16.6. The summed E-state index contributed by atoms with van der Waals surface area (Å²) in [7, 11) is 0. The number of carbonyl (C=O) groups excluding carboxylic acids is 2. The molecule has 31 heavy (non-hydrogen) atoms. The smallest absolute Gasteiger partial charge is 0.270 e. The van der Waals surface area contributed by atoms with E-state index in [9.17, 15) is 9.59 Å². The van der Waals surface area contributed by atoms with Crippen LogP contribution in [-0.2, 0) is 9.59 Å². The third kappa shape index (κ3) is 3.90. The van der Waals surface area contributed by atoms with Gasteiger partial charge in [0.05, 0.1) is 10.7 Å². The number of anilines is 1. The first kappa shape index (κ1) is 21.3. The summed E-state index contributed by atoms with van der Waals surface area (Å²) >= 11 is 17.5. The molecule has 8 heteroatoms. The maximum atomic E-state index is 13.3. The van der Waals surface area contributed by atoms with Gasteiger partial charge in [0.15, 0.2) is 5.11 Å². The summed E-state index contributed by atoms with van der Waals surface area (Å²) in [6.45, 7) is 3.91. The lowest BCUT2D eigenvalue weighted by Gasteiger charge is -2.29. The number of aryl methyl sites for hydroxylation is 1. The first-order chi connectivity index (χ1) is 14.8. The molecule has 1 aliphatic rings. The Kier molecular flexibility index (Phi) is 5.71. The SMILES string of the molecule is Cc1cc(C=C2C(=O)NC(=S)N(c3ccc(Cl)cc3Cl)C2=O)c(C)n1-c1ccccc1. The van der Waals surface area contributed by atoms with Gasteiger partial charge < -0.3 is 4.57 Å². The quantitative estimate of drug-likeness (QED) is 0.324. The topological polar surface area (TPSA) is 54.3 Å². The van der Waals surface area contributed by atoms with Crippen LogP contribution in [0.15, 0.2) is 60.2 Å². The number of nitrogens with one attached hydrogen (secondary N) is 1. The number of hydrogen-bond donors (Lipinski definition) is 1. The summed E-state index contributed by atoms with van der Waals surface area (Å²) in [5.74, 6) is -1.11. The first-order valence-corrected chi connectivity index (χ1v) is 10.5. The molecule has 1 saturated heterocycles. The van der Waals surface area contributed by atoms with Crippen LogP contribution < -0.4 is 10.2 Å². The van der Waals surface area contributed by atoms with E-state index in [-0.39, 0.29) is 15.7 Å². The van der Waals surface area contributed by atoms with E-state index >= 15 is 0 Å². The number of thiocarbonyl (C=S) groups is 1. The Hall–Kier alpha value is -2.93. The molecule has 0 aliphatic carbocycles. The minimum absolute atomic E-state index is 0.0343. The second-order valence-corrected chi connectivity index (χ2v) is 8.28. The fourth-order valence-corrected chi connectivity index (χ4v) is 4.37. The molecule has 1 fully saturated rings. The van der Waals surface area contributed by atoms with Gasteiger partial charge in [-0.3, -0.25) is 19.8 Å². The van der Waals surface area contributed by atoms with Crippen molar-refractivity contribution in [3.8, 4) is 5.69 Å². The van der Waals surface area contributed by atoms with E-state index in [1.807, 2.05) is 50.2 Å². The molecule has 2 amide bonds. The van der Waals surface area contributed by atoms with Crippen LogP contribution in [-0.4, -0.2) is 21.5 Å². The van der Waals surface area contributed by atoms with Crippen molar-refractivity contribution < 1.29 is 9.59 Å². The number of rotatable bonds is 3. The second-order valence-electron chi connectivity index (χ2n) is 7.05. The number of nitrogens with zero attached hydrogens (tertiary/aromatic N) is 2. The fraction of sp³-hybridized carbons (Fsp3) is 0.0870. The van der Waals surface area contributed by atoms with E-state index in [0.29, 0.717) is 10.7 Å². The number of carbonyl (C=O) groups is 2. The van der Waals surface area contributed by atoms with E-state index in [1.165, 1.54) is 11.0 Å². The summed E-state index contributed by atoms with van der Waals surface area (Å²) < 4.78 is 2.07. The molecule has 2 aromatic carbocycles. The Morgan fingerprint density at radius 2 is 1.71 bits per heavy atom. The van der Waals surface area contributed by atoms with Crippen LogP contribution in [0.5, 0.6) is 0 Å². The van der Waals surface area contributed by atoms with Gasteiger partial charge in [-0.1, -0.05) is 41.4 Å². The van der Waals surface area contributed by atoms with Crippen molar-refractivity contribution in [1.29, 1.82) is 0 Å². The molecule has 0 unspecified atom stereocenters. The van der Waals surface area contributed by atoms with Crippen LogP contribution in [0.25, 0.3) is 11.8 Å². The highest BCUT2D eigenvalue weighted by Crippen LogP contribution is 2.32. The van der Waals surface area contributed by atoms with Crippen molar-refractivity contribution in [3.63, 3.8) is 0 Å². The molecule has 0 bridgehead atoms. The average molecular weight is 470 g/mol. The zero-order chi connectivity index (χ0) is 22.3. The largest absolute Gasteiger partial charge is 0.318 e. The number of para-hydroxylation sites is 1. The van der Waals surface area contributed by atoms with Crippen LogP contribution in [0, 0.1) is 13.8 Å². The van der Waals surface area contributed by atoms with Crippen LogP contribution >= 0.6 is 35.4 Å². The number of halogens is 2. The van der Waals surface area contributed by atoms with Gasteiger partial charge in [0, 0.05) is 22.1 Å². The van der Waals surface area contributed by atoms with Gasteiger partial charge in [-0.15, -0.1) is 0 Å². The average Bonchev–Trinajstić information content (AvgIpc) is 3.00. The fourth-order valence-electron chi connectivity index (χ4n) is 3.60. The number of amides is 2. The Morgan fingerprint density at radius 1 is 1.00 bits per heavy atom. The second kappa shape index (κ2) is 8.30. The minimum atomic E-state index is -0.555. The Morgan fingerprint density at radius 3 is 2.39 bits per heavy atom. The van der Waals surface area contributed by atoms with Crippen molar-refractivity contribution in [2.24, 2.45) is 0 Å². The highest BCUT2D eigenvalue weighted by Gasteiger charge is 2.35. The molecule has 5 nitrogen and oxygen atoms in total. The number of benzene rings is 2. The standard InChI is InChI=1S/C23H17Cl2N3O2S/c1-13-10-15(14(2)27(13)17-6-4-3-5-7-17)11-18-21(29)26-23(31)28(22(18)30)20-9-8-16(24)12-19(20)25/h3-12H,1-2H3,(H,26,29,31). The van der Waals surface area contributed by atoms with E-state index in [1.54, 1.807) is 18.2 Å². The van der Waals surface area contributed by atoms with Crippen LogP contribution in [0.4, 0.5) is 5.69 Å². The predicted octanol–water partition coefficient (Wildman–Crippen LogP) is 5.23. The van der Waals surface area contributed by atoms with Gasteiger partial charge in [0.25, 0.3) is 11.8 Å². The molecule has 156 valence electrons. The highest BCUT2D eigenvalue weighted by molar-refractivity contribution is 7.80. The molecule has 1 aromatic heterocycles. The van der Waals surface area contributed by atoms with Gasteiger partial charge in [-0.25, -0.2) is 0 Å². The van der Waals surface area contributed by atoms with Crippen LogP contribution in [0.2, 0.25) is 10.0 Å². The molecule has 0 spiro atoms. The summed E-state index contributed by atoms with van der Waals surface area (Å²) in [6.07, 6.45) is 1.58. The third-order valence-electron chi connectivity index (χ3n) is 5.04. The molecule has 1 N–H and O–H groups in total. The van der Waals surface area contributed by atoms with Gasteiger partial charge in [0.1, 0.15) is 5.57 Å². The lowest BCUT2D eigenvalue weighted by Crippen LogP contribution is -2.54. The van der Waals surface area contributed by atoms with Crippen molar-refractivity contribution in [2.45, 2.75) is 13.8 Å². The summed E-state index contributed by atoms with van der Waals surface area (Å²) in [6, 6.07) is 16.5. The van der Waals surface area contributed by atoms with Gasteiger partial charge in [0.2, 0.25) is 0 Å². The number of hydrogen-bond acceptors (Lipinski definition) is 3. The molecule has 1 aliphatic heterocycles. The van der Waals surface area contributed by atoms with E-state index in [4.69, 9.17) is 35.4 Å². The predicted molar refractivity (Wildman–Crippen MR) is 128 cm³/mol.